The van der Waals surface area contributed by atoms with Crippen molar-refractivity contribution in [2.24, 2.45) is 11.1 Å². The summed E-state index contributed by atoms with van der Waals surface area (Å²) in [6.07, 6.45) is 3.01. The van der Waals surface area contributed by atoms with Crippen molar-refractivity contribution < 1.29 is 4.79 Å². The molecule has 0 heterocycles. The van der Waals surface area contributed by atoms with Crippen LogP contribution in [0.3, 0.4) is 0 Å². The molecule has 5 heteroatoms. The van der Waals surface area contributed by atoms with Gasteiger partial charge in [-0.1, -0.05) is 43.1 Å². The van der Waals surface area contributed by atoms with Crippen LogP contribution in [-0.4, -0.2) is 19.0 Å². The van der Waals surface area contributed by atoms with Gasteiger partial charge in [0.15, 0.2) is 0 Å². The molecule has 0 saturated heterocycles. The summed E-state index contributed by atoms with van der Waals surface area (Å²) in [6.45, 7) is 5.52. The van der Waals surface area contributed by atoms with E-state index in [0.717, 1.165) is 18.4 Å². The summed E-state index contributed by atoms with van der Waals surface area (Å²) < 4.78 is 0. The highest BCUT2D eigenvalue weighted by atomic mass is 35.5. The van der Waals surface area contributed by atoms with Gasteiger partial charge < -0.3 is 11.1 Å². The third kappa shape index (κ3) is 7.16. The lowest BCUT2D eigenvalue weighted by atomic mass is 9.84. The van der Waals surface area contributed by atoms with Crippen molar-refractivity contribution in [1.29, 1.82) is 0 Å². The molecule has 0 radical (unpaired) electrons. The van der Waals surface area contributed by atoms with Crippen molar-refractivity contribution in [3.8, 4) is 0 Å². The molecule has 0 fully saturated rings. The van der Waals surface area contributed by atoms with Crippen LogP contribution in [0.2, 0.25) is 10.0 Å². The van der Waals surface area contributed by atoms with Crippen LogP contribution >= 0.6 is 23.2 Å². The number of halogens is 2. The Hall–Kier alpha value is -0.770. The molecule has 21 heavy (non-hydrogen) atoms. The highest BCUT2D eigenvalue weighted by Gasteiger charge is 2.18. The second-order valence-electron chi connectivity index (χ2n) is 6.04. The van der Waals surface area contributed by atoms with E-state index in [2.05, 4.69) is 19.2 Å². The van der Waals surface area contributed by atoms with Gasteiger partial charge in [-0.2, -0.15) is 0 Å². The van der Waals surface area contributed by atoms with Crippen molar-refractivity contribution in [3.05, 3.63) is 33.8 Å². The van der Waals surface area contributed by atoms with Crippen molar-refractivity contribution in [2.45, 2.75) is 39.5 Å². The summed E-state index contributed by atoms with van der Waals surface area (Å²) >= 11 is 11.9. The fourth-order valence-corrected chi connectivity index (χ4v) is 2.62. The van der Waals surface area contributed by atoms with E-state index in [9.17, 15) is 4.79 Å². The second kappa shape index (κ2) is 8.62. The van der Waals surface area contributed by atoms with Crippen LogP contribution in [0.5, 0.6) is 0 Å². The number of nitrogens with one attached hydrogen (secondary N) is 1. The standard InChI is InChI=1S/C16H24Cl2N2O/c1-16(2,8-9-19)7-5-15(21)20-10-6-12-3-4-13(17)11-14(12)18/h3-4,11H,5-10,19H2,1-2H3,(H,20,21). The molecule has 0 aliphatic carbocycles. The number of benzene rings is 1. The summed E-state index contributed by atoms with van der Waals surface area (Å²) in [5, 5.41) is 4.19. The number of carbonyl (C=O) groups excluding carboxylic acids is 1. The smallest absolute Gasteiger partial charge is 0.220 e. The fraction of sp³-hybridized carbons (Fsp3) is 0.562. The van der Waals surface area contributed by atoms with Crippen LogP contribution in [0.25, 0.3) is 0 Å². The number of hydrogen-bond donors (Lipinski definition) is 2. The number of carbonyl (C=O) groups is 1. The van der Waals surface area contributed by atoms with Gasteiger partial charge in [-0.3, -0.25) is 4.79 Å². The zero-order chi connectivity index (χ0) is 15.9. The molecule has 0 unspecified atom stereocenters. The largest absolute Gasteiger partial charge is 0.356 e. The van der Waals surface area contributed by atoms with Crippen molar-refractivity contribution in [3.63, 3.8) is 0 Å². The summed E-state index contributed by atoms with van der Waals surface area (Å²) in [4.78, 5) is 11.8. The van der Waals surface area contributed by atoms with E-state index in [4.69, 9.17) is 28.9 Å². The Labute approximate surface area is 137 Å². The first-order valence-corrected chi connectivity index (χ1v) is 8.00. The highest BCUT2D eigenvalue weighted by molar-refractivity contribution is 6.35. The molecule has 0 aliphatic rings. The molecule has 1 aromatic rings. The lowest BCUT2D eigenvalue weighted by Crippen LogP contribution is -2.27. The maximum atomic E-state index is 11.8. The van der Waals surface area contributed by atoms with Crippen molar-refractivity contribution in [1.82, 2.24) is 5.32 Å². The van der Waals surface area contributed by atoms with Crippen LogP contribution < -0.4 is 11.1 Å². The minimum atomic E-state index is 0.0742. The van der Waals surface area contributed by atoms with Gasteiger partial charge in [0.2, 0.25) is 5.91 Å². The second-order valence-corrected chi connectivity index (χ2v) is 6.88. The molecule has 0 aromatic heterocycles. The normalized spacial score (nSPS) is 11.5. The van der Waals surface area contributed by atoms with Crippen molar-refractivity contribution >= 4 is 29.1 Å². The molecule has 0 saturated carbocycles. The summed E-state index contributed by atoms with van der Waals surface area (Å²) in [5.41, 5.74) is 6.68. The first-order valence-electron chi connectivity index (χ1n) is 7.25. The molecule has 1 amide bonds. The zero-order valence-corrected chi connectivity index (χ0v) is 14.2. The van der Waals surface area contributed by atoms with Gasteiger partial charge in [-0.05, 0) is 48.9 Å². The molecular formula is C16H24Cl2N2O. The lowest BCUT2D eigenvalue weighted by Gasteiger charge is -2.23. The van der Waals surface area contributed by atoms with E-state index in [-0.39, 0.29) is 11.3 Å². The van der Waals surface area contributed by atoms with Crippen LogP contribution in [0.15, 0.2) is 18.2 Å². The van der Waals surface area contributed by atoms with E-state index >= 15 is 0 Å². The Morgan fingerprint density at radius 3 is 2.62 bits per heavy atom. The Morgan fingerprint density at radius 1 is 1.29 bits per heavy atom. The maximum absolute atomic E-state index is 11.8. The maximum Gasteiger partial charge on any atom is 0.220 e. The first kappa shape index (κ1) is 18.3. The summed E-state index contributed by atoms with van der Waals surface area (Å²) in [7, 11) is 0. The van der Waals surface area contributed by atoms with E-state index < -0.39 is 0 Å². The van der Waals surface area contributed by atoms with Gasteiger partial charge in [0.05, 0.1) is 0 Å². The van der Waals surface area contributed by atoms with Crippen molar-refractivity contribution in [2.75, 3.05) is 13.1 Å². The third-order valence-electron chi connectivity index (χ3n) is 3.58. The van der Waals surface area contributed by atoms with Crippen LogP contribution in [-0.2, 0) is 11.2 Å². The monoisotopic (exact) mass is 330 g/mol. The van der Waals surface area contributed by atoms with E-state index in [1.54, 1.807) is 12.1 Å². The lowest BCUT2D eigenvalue weighted by molar-refractivity contribution is -0.121. The minimum absolute atomic E-state index is 0.0742. The molecule has 118 valence electrons. The van der Waals surface area contributed by atoms with Gasteiger partial charge in [0.1, 0.15) is 0 Å². The van der Waals surface area contributed by atoms with E-state index in [0.29, 0.717) is 36.0 Å². The molecule has 0 atom stereocenters. The molecule has 0 bridgehead atoms. The molecule has 3 N–H and O–H groups in total. The van der Waals surface area contributed by atoms with Crippen LogP contribution in [0.4, 0.5) is 0 Å². The molecule has 0 spiro atoms. The Morgan fingerprint density at radius 2 is 2.00 bits per heavy atom. The Kier molecular flexibility index (Phi) is 7.50. The SMILES string of the molecule is CC(C)(CCN)CCC(=O)NCCc1ccc(Cl)cc1Cl. The van der Waals surface area contributed by atoms with Gasteiger partial charge >= 0.3 is 0 Å². The van der Waals surface area contributed by atoms with E-state index in [1.807, 2.05) is 6.07 Å². The first-order chi connectivity index (χ1) is 9.84. The van der Waals surface area contributed by atoms with Gasteiger partial charge in [-0.15, -0.1) is 0 Å². The molecule has 1 aromatic carbocycles. The Bertz CT molecular complexity index is 475. The predicted octanol–water partition coefficient (Wildman–Crippen LogP) is 3.81. The number of rotatable bonds is 8. The Balaban J connectivity index is 2.30. The zero-order valence-electron chi connectivity index (χ0n) is 12.7. The average Bonchev–Trinajstić information content (AvgIpc) is 2.39. The topological polar surface area (TPSA) is 55.1 Å². The molecule has 3 nitrogen and oxygen atoms in total. The fourth-order valence-electron chi connectivity index (χ4n) is 2.12. The molecule has 0 aliphatic heterocycles. The van der Waals surface area contributed by atoms with Gasteiger partial charge in [0.25, 0.3) is 0 Å². The van der Waals surface area contributed by atoms with Crippen LogP contribution in [0.1, 0.15) is 38.7 Å². The predicted molar refractivity (Wildman–Crippen MR) is 89.9 cm³/mol. The number of amides is 1. The minimum Gasteiger partial charge on any atom is -0.356 e. The third-order valence-corrected chi connectivity index (χ3v) is 4.17. The number of nitrogens with two attached hydrogens (primary N) is 1. The highest BCUT2D eigenvalue weighted by Crippen LogP contribution is 2.25. The van der Waals surface area contributed by atoms with Gasteiger partial charge in [0, 0.05) is 23.0 Å². The summed E-state index contributed by atoms with van der Waals surface area (Å²) in [6, 6.07) is 5.41. The van der Waals surface area contributed by atoms with Crippen LogP contribution in [0, 0.1) is 5.41 Å². The van der Waals surface area contributed by atoms with Gasteiger partial charge in [-0.25, -0.2) is 0 Å². The summed E-state index contributed by atoms with van der Waals surface area (Å²) in [5.74, 6) is 0.0742. The van der Waals surface area contributed by atoms with E-state index in [1.165, 1.54) is 0 Å². The molecular weight excluding hydrogens is 307 g/mol. The average molecular weight is 331 g/mol. The quantitative estimate of drug-likeness (QED) is 0.761. The molecule has 1 rings (SSSR count). The number of hydrogen-bond acceptors (Lipinski definition) is 2.